The number of carbonyl (C=O) groups excluding carboxylic acids is 1. The first kappa shape index (κ1) is 16.2. The average molecular weight is 165 g/mol. The van der Waals surface area contributed by atoms with E-state index in [1.54, 1.807) is 0 Å². The van der Waals surface area contributed by atoms with Crippen molar-refractivity contribution in [1.82, 2.24) is 0 Å². The molecule has 0 spiro atoms. The summed E-state index contributed by atoms with van der Waals surface area (Å²) >= 11 is 0. The highest BCUT2D eigenvalue weighted by atomic mass is 16.6. The van der Waals surface area contributed by atoms with Crippen molar-refractivity contribution in [3.63, 3.8) is 0 Å². The lowest BCUT2D eigenvalue weighted by Gasteiger charge is -1.73. The monoisotopic (exact) mass is 165 g/mol. The first-order valence-electron chi connectivity index (χ1n) is 2.31. The molecule has 1 amide bonds. The first-order valence-corrected chi connectivity index (χ1v) is 2.31. The molecule has 5 N–H and O–H groups in total. The van der Waals surface area contributed by atoms with Gasteiger partial charge < -0.3 is 21.1 Å². The number of amides is 1. The molecule has 6 nitrogen and oxygen atoms in total. The Balaban J connectivity index is -0.0000000965. The Bertz CT molecular complexity index is 109. The lowest BCUT2D eigenvalue weighted by atomic mass is 10.7. The van der Waals surface area contributed by atoms with E-state index in [9.17, 15) is 4.79 Å². The van der Waals surface area contributed by atoms with Gasteiger partial charge in [-0.2, -0.15) is 0 Å². The highest BCUT2D eigenvalue weighted by Crippen LogP contribution is 1.43. The molecule has 0 aliphatic carbocycles. The summed E-state index contributed by atoms with van der Waals surface area (Å²) in [5, 5.41) is 21.6. The minimum atomic E-state index is -1.83. The summed E-state index contributed by atoms with van der Waals surface area (Å²) in [6.07, 6.45) is -1.83. The van der Waals surface area contributed by atoms with E-state index in [-0.39, 0.29) is 0 Å². The van der Waals surface area contributed by atoms with Crippen LogP contribution in [-0.4, -0.2) is 34.0 Å². The standard InChI is InChI=1S/C2H5NO2.C2H4.CH2O3/c3-2(5)1-4;1-2;2-1(3)4/h4H,1H2,(H2,3,5);1-2H2;(H2,2,3,4). The highest BCUT2D eigenvalue weighted by molar-refractivity contribution is 5.74. The van der Waals surface area contributed by atoms with Crippen LogP contribution in [0.15, 0.2) is 13.2 Å². The molecule has 0 rings (SSSR count). The second-order valence-corrected chi connectivity index (χ2v) is 0.907. The zero-order chi connectivity index (χ0) is 9.86. The quantitative estimate of drug-likeness (QED) is 0.390. The van der Waals surface area contributed by atoms with Crippen LogP contribution in [0.4, 0.5) is 4.79 Å². The summed E-state index contributed by atoms with van der Waals surface area (Å²) in [5.41, 5.74) is 4.40. The normalized spacial score (nSPS) is 5.91. The van der Waals surface area contributed by atoms with Crippen LogP contribution in [0.5, 0.6) is 0 Å². The maximum atomic E-state index is 9.34. The second-order valence-electron chi connectivity index (χ2n) is 0.907. The first-order chi connectivity index (χ1) is 5.00. The SMILES string of the molecule is C=C.NC(=O)CO.O=C(O)O. The number of primary amides is 1. The van der Waals surface area contributed by atoms with Gasteiger partial charge in [0.2, 0.25) is 5.91 Å². The van der Waals surface area contributed by atoms with Gasteiger partial charge in [-0.3, -0.25) is 4.79 Å². The molecule has 6 heteroatoms. The largest absolute Gasteiger partial charge is 0.503 e. The number of nitrogens with two attached hydrogens (primary N) is 1. The summed E-state index contributed by atoms with van der Waals surface area (Å²) in [6.45, 7) is 5.44. The Labute approximate surface area is 63.6 Å². The molecule has 11 heavy (non-hydrogen) atoms. The lowest BCUT2D eigenvalue weighted by Crippen LogP contribution is -2.14. The number of hydrogen-bond donors (Lipinski definition) is 4. The van der Waals surface area contributed by atoms with Gasteiger partial charge in [-0.15, -0.1) is 13.2 Å². The van der Waals surface area contributed by atoms with Crippen LogP contribution in [0, 0.1) is 0 Å². The van der Waals surface area contributed by atoms with Crippen molar-refractivity contribution >= 4 is 12.1 Å². The summed E-state index contributed by atoms with van der Waals surface area (Å²) in [6, 6.07) is 0. The Morgan fingerprint density at radius 3 is 1.36 bits per heavy atom. The molecule has 0 bridgehead atoms. The molecule has 0 saturated heterocycles. The van der Waals surface area contributed by atoms with Crippen LogP contribution < -0.4 is 5.73 Å². The van der Waals surface area contributed by atoms with E-state index in [4.69, 9.17) is 20.1 Å². The molecule has 0 aromatic rings. The molecule has 0 fully saturated rings. The van der Waals surface area contributed by atoms with E-state index in [0.29, 0.717) is 0 Å². The second kappa shape index (κ2) is 15.8. The van der Waals surface area contributed by atoms with Crippen molar-refractivity contribution in [3.05, 3.63) is 13.2 Å². The van der Waals surface area contributed by atoms with Gasteiger partial charge >= 0.3 is 6.16 Å². The number of rotatable bonds is 1. The van der Waals surface area contributed by atoms with Gasteiger partial charge in [0.15, 0.2) is 0 Å². The van der Waals surface area contributed by atoms with Crippen LogP contribution in [0.2, 0.25) is 0 Å². The Hall–Kier alpha value is -1.56. The molecule has 66 valence electrons. The fourth-order valence-electron chi connectivity index (χ4n) is 0. The van der Waals surface area contributed by atoms with E-state index in [2.05, 4.69) is 18.9 Å². The predicted molar refractivity (Wildman–Crippen MR) is 38.2 cm³/mol. The number of carbonyl (C=O) groups is 2. The van der Waals surface area contributed by atoms with Crippen LogP contribution in [0.25, 0.3) is 0 Å². The Kier molecular flexibility index (Phi) is 23.3. The zero-order valence-electron chi connectivity index (χ0n) is 5.86. The smallest absolute Gasteiger partial charge is 0.450 e. The molecule has 0 radical (unpaired) electrons. The third-order valence-electron chi connectivity index (χ3n) is 0.156. The number of hydrogen-bond acceptors (Lipinski definition) is 3. The summed E-state index contributed by atoms with van der Waals surface area (Å²) in [7, 11) is 0. The summed E-state index contributed by atoms with van der Waals surface area (Å²) in [5.74, 6) is -0.690. The molecule has 0 heterocycles. The van der Waals surface area contributed by atoms with Crippen molar-refractivity contribution in [2.24, 2.45) is 5.73 Å². The molecular formula is C5H11NO5. The molecule has 0 atom stereocenters. The summed E-state index contributed by atoms with van der Waals surface area (Å²) in [4.78, 5) is 17.9. The summed E-state index contributed by atoms with van der Waals surface area (Å²) < 4.78 is 0. The van der Waals surface area contributed by atoms with Crippen LogP contribution >= 0.6 is 0 Å². The highest BCUT2D eigenvalue weighted by Gasteiger charge is 1.78. The number of aliphatic hydroxyl groups is 1. The predicted octanol–water partition coefficient (Wildman–Crippen LogP) is -0.511. The molecule has 0 aromatic carbocycles. The van der Waals surface area contributed by atoms with Crippen molar-refractivity contribution in [3.8, 4) is 0 Å². The third kappa shape index (κ3) is 1810. The maximum Gasteiger partial charge on any atom is 0.503 e. The van der Waals surface area contributed by atoms with E-state index in [1.165, 1.54) is 0 Å². The number of carboxylic acid groups (broad SMARTS) is 2. The van der Waals surface area contributed by atoms with Gasteiger partial charge in [0, 0.05) is 0 Å². The fourth-order valence-corrected chi connectivity index (χ4v) is 0. The molecule has 0 saturated carbocycles. The number of aliphatic hydroxyl groups excluding tert-OH is 1. The molecular weight excluding hydrogens is 154 g/mol. The van der Waals surface area contributed by atoms with Crippen LogP contribution in [0.1, 0.15) is 0 Å². The Morgan fingerprint density at radius 1 is 1.27 bits per heavy atom. The van der Waals surface area contributed by atoms with Crippen LogP contribution in [0.3, 0.4) is 0 Å². The van der Waals surface area contributed by atoms with E-state index < -0.39 is 18.7 Å². The Morgan fingerprint density at radius 2 is 1.36 bits per heavy atom. The van der Waals surface area contributed by atoms with E-state index >= 15 is 0 Å². The minimum Gasteiger partial charge on any atom is -0.450 e. The van der Waals surface area contributed by atoms with Gasteiger partial charge in [0.25, 0.3) is 0 Å². The molecule has 0 aliphatic rings. The zero-order valence-corrected chi connectivity index (χ0v) is 5.86. The van der Waals surface area contributed by atoms with Gasteiger partial charge in [-0.25, -0.2) is 4.79 Å². The van der Waals surface area contributed by atoms with Crippen LogP contribution in [-0.2, 0) is 4.79 Å². The van der Waals surface area contributed by atoms with Gasteiger partial charge in [0.1, 0.15) is 6.61 Å². The maximum absolute atomic E-state index is 9.34. The minimum absolute atomic E-state index is 0.556. The van der Waals surface area contributed by atoms with Crippen molar-refractivity contribution in [1.29, 1.82) is 0 Å². The van der Waals surface area contributed by atoms with Crippen molar-refractivity contribution in [2.75, 3.05) is 6.61 Å². The fraction of sp³-hybridized carbons (Fsp3) is 0.200. The molecule has 0 unspecified atom stereocenters. The molecule has 0 aromatic heterocycles. The lowest BCUT2D eigenvalue weighted by molar-refractivity contribution is -0.120. The van der Waals surface area contributed by atoms with Crippen molar-refractivity contribution in [2.45, 2.75) is 0 Å². The average Bonchev–Trinajstić information content (AvgIpc) is 1.91. The van der Waals surface area contributed by atoms with E-state index in [1.807, 2.05) is 0 Å². The molecule has 0 aliphatic heterocycles. The third-order valence-corrected chi connectivity index (χ3v) is 0.156. The van der Waals surface area contributed by atoms with Gasteiger partial charge in [-0.05, 0) is 0 Å². The van der Waals surface area contributed by atoms with E-state index in [0.717, 1.165) is 0 Å². The topological polar surface area (TPSA) is 121 Å². The van der Waals surface area contributed by atoms with Crippen molar-refractivity contribution < 1.29 is 24.9 Å². The van der Waals surface area contributed by atoms with Gasteiger partial charge in [-0.1, -0.05) is 0 Å². The van der Waals surface area contributed by atoms with Gasteiger partial charge in [0.05, 0.1) is 0 Å².